The Balaban J connectivity index is 1.71. The Hall–Kier alpha value is -1.83. The highest BCUT2D eigenvalue weighted by Crippen LogP contribution is 2.45. The molecule has 0 bridgehead atoms. The smallest absolute Gasteiger partial charge is 0.186 e. The average Bonchev–Trinajstić information content (AvgIpc) is 3.11. The fourth-order valence-electron chi connectivity index (χ4n) is 3.45. The van der Waals surface area contributed by atoms with Gasteiger partial charge in [-0.15, -0.1) is 0 Å². The van der Waals surface area contributed by atoms with Gasteiger partial charge in [0.05, 0.1) is 27.2 Å². The summed E-state index contributed by atoms with van der Waals surface area (Å²) in [7, 11) is 2.02. The molecule has 0 spiro atoms. The first-order valence-corrected chi connectivity index (χ1v) is 10.8. The second-order valence-corrected chi connectivity index (χ2v) is 8.96. The third-order valence-corrected chi connectivity index (χ3v) is 6.74. The lowest BCUT2D eigenvalue weighted by Crippen LogP contribution is -2.26. The van der Waals surface area contributed by atoms with Crippen molar-refractivity contribution >= 4 is 45.4 Å². The molecular weight excluding hydrogens is 429 g/mol. The lowest BCUT2D eigenvalue weighted by molar-refractivity contribution is -0.0433. The normalized spacial score (nSPS) is 12.8. The molecule has 4 rings (SSSR count). The van der Waals surface area contributed by atoms with Gasteiger partial charge in [-0.05, 0) is 17.7 Å². The highest BCUT2D eigenvalue weighted by molar-refractivity contribution is 7.16. The summed E-state index contributed by atoms with van der Waals surface area (Å²) in [5.74, 6) is 0. The van der Waals surface area contributed by atoms with Gasteiger partial charge < -0.3 is 20.0 Å². The van der Waals surface area contributed by atoms with E-state index in [2.05, 4.69) is 21.9 Å². The minimum Gasteiger partial charge on any atom is -0.369 e. The summed E-state index contributed by atoms with van der Waals surface area (Å²) in [5.41, 5.74) is 4.02. The fraction of sp³-hybridized carbons (Fsp3) is 0.286. The van der Waals surface area contributed by atoms with E-state index < -0.39 is 6.29 Å². The molecule has 0 saturated carbocycles. The van der Waals surface area contributed by atoms with Crippen molar-refractivity contribution in [1.29, 1.82) is 0 Å². The van der Waals surface area contributed by atoms with Gasteiger partial charge in [0.1, 0.15) is 0 Å². The van der Waals surface area contributed by atoms with Gasteiger partial charge in [0, 0.05) is 37.8 Å². The van der Waals surface area contributed by atoms with E-state index >= 15 is 0 Å². The lowest BCUT2D eigenvalue weighted by atomic mass is 10.0. The van der Waals surface area contributed by atoms with Crippen LogP contribution in [0.1, 0.15) is 16.9 Å². The van der Waals surface area contributed by atoms with Gasteiger partial charge >= 0.3 is 0 Å². The van der Waals surface area contributed by atoms with Crippen molar-refractivity contribution in [3.05, 3.63) is 63.0 Å². The maximum atomic E-state index is 9.38. The first kappa shape index (κ1) is 20.4. The minimum atomic E-state index is -1.35. The number of benzene rings is 2. The molecule has 2 heterocycles. The Morgan fingerprint density at radius 2 is 1.90 bits per heavy atom. The Kier molecular flexibility index (Phi) is 5.99. The monoisotopic (exact) mass is 449 g/mol. The summed E-state index contributed by atoms with van der Waals surface area (Å²) in [4.78, 5) is 10.3. The van der Waals surface area contributed by atoms with E-state index in [0.717, 1.165) is 39.1 Å². The van der Waals surface area contributed by atoms with Crippen molar-refractivity contribution in [3.8, 4) is 11.3 Å². The van der Waals surface area contributed by atoms with Crippen LogP contribution in [-0.2, 0) is 13.1 Å². The van der Waals surface area contributed by atoms with E-state index in [9.17, 15) is 10.2 Å². The molecule has 8 heteroatoms. The third-order valence-electron chi connectivity index (χ3n) is 4.92. The molecule has 5 nitrogen and oxygen atoms in total. The topological polar surface area (TPSA) is 59.8 Å². The van der Waals surface area contributed by atoms with Crippen molar-refractivity contribution in [1.82, 2.24) is 4.98 Å². The van der Waals surface area contributed by atoms with Gasteiger partial charge in [0.2, 0.25) is 0 Å². The van der Waals surface area contributed by atoms with E-state index in [-0.39, 0.29) is 6.42 Å². The van der Waals surface area contributed by atoms with Gasteiger partial charge in [-0.3, -0.25) is 0 Å². The number of aliphatic hydroxyl groups excluding tert-OH is 1. The zero-order chi connectivity index (χ0) is 20.5. The second kappa shape index (κ2) is 8.50. The quantitative estimate of drug-likeness (QED) is 0.530. The van der Waals surface area contributed by atoms with Crippen LogP contribution < -0.4 is 9.80 Å². The molecule has 29 heavy (non-hydrogen) atoms. The average molecular weight is 450 g/mol. The number of anilines is 2. The molecule has 0 atom stereocenters. The van der Waals surface area contributed by atoms with Gasteiger partial charge in [0.25, 0.3) is 0 Å². The molecule has 2 aromatic carbocycles. The number of fused-ring (bicyclic) bond motifs is 3. The van der Waals surface area contributed by atoms with Gasteiger partial charge in [-0.25, -0.2) is 4.98 Å². The summed E-state index contributed by atoms with van der Waals surface area (Å²) >= 11 is 14.1. The predicted octanol–water partition coefficient (Wildman–Crippen LogP) is 4.77. The van der Waals surface area contributed by atoms with Crippen molar-refractivity contribution < 1.29 is 10.2 Å². The third kappa shape index (κ3) is 4.37. The number of aliphatic hydroxyl groups is 2. The van der Waals surface area contributed by atoms with Gasteiger partial charge in [0.15, 0.2) is 11.4 Å². The summed E-state index contributed by atoms with van der Waals surface area (Å²) in [6, 6.07) is 13.8. The molecule has 1 aliphatic rings. The zero-order valence-electron chi connectivity index (χ0n) is 15.8. The van der Waals surface area contributed by atoms with Gasteiger partial charge in [-0.2, -0.15) is 0 Å². The number of nitrogens with zero attached hydrogens (tertiary/aromatic N) is 3. The van der Waals surface area contributed by atoms with E-state index in [1.807, 2.05) is 37.4 Å². The van der Waals surface area contributed by atoms with Crippen LogP contribution in [0.3, 0.4) is 0 Å². The van der Waals surface area contributed by atoms with Gasteiger partial charge in [-0.1, -0.05) is 64.9 Å². The zero-order valence-corrected chi connectivity index (χ0v) is 18.2. The Bertz CT molecular complexity index is 1010. The molecule has 2 N–H and O–H groups in total. The summed E-state index contributed by atoms with van der Waals surface area (Å²) < 4.78 is 0. The van der Waals surface area contributed by atoms with Crippen molar-refractivity contribution in [2.24, 2.45) is 0 Å². The van der Waals surface area contributed by atoms with Crippen LogP contribution in [-0.4, -0.2) is 35.1 Å². The van der Waals surface area contributed by atoms with Crippen LogP contribution >= 0.6 is 34.5 Å². The highest BCUT2D eigenvalue weighted by Gasteiger charge is 2.27. The molecule has 0 saturated heterocycles. The van der Waals surface area contributed by atoms with E-state index in [1.165, 1.54) is 0 Å². The van der Waals surface area contributed by atoms with Crippen molar-refractivity contribution in [2.45, 2.75) is 25.8 Å². The van der Waals surface area contributed by atoms with Crippen LogP contribution in [0.15, 0.2) is 42.5 Å². The summed E-state index contributed by atoms with van der Waals surface area (Å²) in [6.07, 6.45) is -1.11. The van der Waals surface area contributed by atoms with E-state index in [0.29, 0.717) is 23.1 Å². The first-order valence-electron chi connectivity index (χ1n) is 9.27. The molecule has 1 aliphatic heterocycles. The van der Waals surface area contributed by atoms with Crippen molar-refractivity contribution in [3.63, 3.8) is 0 Å². The first-order chi connectivity index (χ1) is 13.9. The Labute approximate surface area is 183 Å². The molecule has 1 aromatic heterocycles. The molecule has 0 fully saturated rings. The Morgan fingerprint density at radius 3 is 2.62 bits per heavy atom. The van der Waals surface area contributed by atoms with Crippen LogP contribution in [0.4, 0.5) is 10.8 Å². The largest absolute Gasteiger partial charge is 0.369 e. The molecule has 0 aliphatic carbocycles. The number of hydrogen-bond donors (Lipinski definition) is 2. The summed E-state index contributed by atoms with van der Waals surface area (Å²) in [5, 5.41) is 20.6. The van der Waals surface area contributed by atoms with E-state index in [4.69, 9.17) is 28.2 Å². The molecule has 0 amide bonds. The number of thiazole rings is 1. The number of rotatable bonds is 6. The number of aromatic nitrogens is 1. The van der Waals surface area contributed by atoms with Crippen LogP contribution in [0.2, 0.25) is 10.0 Å². The summed E-state index contributed by atoms with van der Waals surface area (Å²) in [6.45, 7) is 1.87. The highest BCUT2D eigenvalue weighted by atomic mass is 35.5. The molecular formula is C21H21Cl2N3O2S. The predicted molar refractivity (Wildman–Crippen MR) is 120 cm³/mol. The van der Waals surface area contributed by atoms with Crippen LogP contribution in [0, 0.1) is 0 Å². The maximum absolute atomic E-state index is 9.38. The lowest BCUT2D eigenvalue weighted by Gasteiger charge is -2.27. The van der Waals surface area contributed by atoms with Crippen LogP contribution in [0.5, 0.6) is 0 Å². The molecule has 0 radical (unpaired) electrons. The number of halogens is 2. The molecule has 152 valence electrons. The Morgan fingerprint density at radius 1 is 1.17 bits per heavy atom. The molecule has 0 unspecified atom stereocenters. The number of hydrogen-bond acceptors (Lipinski definition) is 6. The van der Waals surface area contributed by atoms with Crippen molar-refractivity contribution in [2.75, 3.05) is 23.4 Å². The minimum absolute atomic E-state index is 0.245. The fourth-order valence-corrected chi connectivity index (χ4v) is 4.93. The maximum Gasteiger partial charge on any atom is 0.186 e. The van der Waals surface area contributed by atoms with E-state index in [1.54, 1.807) is 11.3 Å². The standard InChI is InChI=1S/C21H21Cl2N3O2S/c1-25-12-18-20(14-9-15(22)16(23)10-17(14)25)24-21(29-18)26(8-7-19(27)28)11-13-5-3-2-4-6-13/h2-6,9-10,19,27-28H,7-8,11-12H2,1H3. The SMILES string of the molecule is CN1Cc2sc(N(CCC(O)O)Cc3ccccc3)nc2-c2cc(Cl)c(Cl)cc21. The molecule has 3 aromatic rings. The second-order valence-electron chi connectivity index (χ2n) is 7.08. The van der Waals surface area contributed by atoms with Crippen LogP contribution in [0.25, 0.3) is 11.3 Å².